The molecule has 1 aromatic heterocycles. The molecule has 0 radical (unpaired) electrons. The Morgan fingerprint density at radius 3 is 2.78 bits per heavy atom. The van der Waals surface area contributed by atoms with Crippen LogP contribution in [0.2, 0.25) is 5.02 Å². The van der Waals surface area contributed by atoms with Crippen molar-refractivity contribution in [2.75, 3.05) is 5.32 Å². The number of benzene rings is 1. The van der Waals surface area contributed by atoms with Crippen LogP contribution >= 0.6 is 22.9 Å². The minimum absolute atomic E-state index is 0.0871. The van der Waals surface area contributed by atoms with Crippen molar-refractivity contribution < 1.29 is 9.31 Å². The average molecular weight is 287 g/mol. The highest BCUT2D eigenvalue weighted by molar-refractivity contribution is 7.13. The van der Waals surface area contributed by atoms with Gasteiger partial charge in [0.15, 0.2) is 0 Å². The second-order valence-corrected chi connectivity index (χ2v) is 4.89. The maximum atomic E-state index is 13.1. The molecule has 1 N–H and O–H groups in total. The number of nitrogens with zero attached hydrogens (tertiary/aromatic N) is 1. The van der Waals surface area contributed by atoms with E-state index in [9.17, 15) is 14.5 Å². The quantitative estimate of drug-likeness (QED) is 0.681. The van der Waals surface area contributed by atoms with Gasteiger partial charge in [-0.1, -0.05) is 22.9 Å². The third kappa shape index (κ3) is 3.18. The zero-order valence-electron chi connectivity index (χ0n) is 9.02. The summed E-state index contributed by atoms with van der Waals surface area (Å²) in [6.07, 6.45) is 0. The lowest BCUT2D eigenvalue weighted by molar-refractivity contribution is -0.380. The van der Waals surface area contributed by atoms with Crippen LogP contribution in [0.25, 0.3) is 0 Å². The van der Waals surface area contributed by atoms with Gasteiger partial charge in [-0.15, -0.1) is 0 Å². The SMILES string of the molecule is O=[N+]([O-])c1cc(CNc2cc(F)cc(Cl)c2)cs1. The summed E-state index contributed by atoms with van der Waals surface area (Å²) in [6, 6.07) is 5.60. The number of hydrogen-bond acceptors (Lipinski definition) is 4. The lowest BCUT2D eigenvalue weighted by Gasteiger charge is -2.05. The second-order valence-electron chi connectivity index (χ2n) is 3.56. The van der Waals surface area contributed by atoms with E-state index in [1.807, 2.05) is 0 Å². The molecule has 1 aromatic carbocycles. The Kier molecular flexibility index (Phi) is 3.78. The molecular weight excluding hydrogens is 279 g/mol. The van der Waals surface area contributed by atoms with Gasteiger partial charge in [-0.05, 0) is 23.8 Å². The van der Waals surface area contributed by atoms with Gasteiger partial charge in [0, 0.05) is 28.7 Å². The number of nitrogens with one attached hydrogen (secondary N) is 1. The number of halogens is 2. The third-order valence-corrected chi connectivity index (χ3v) is 3.33. The summed E-state index contributed by atoms with van der Waals surface area (Å²) in [6.45, 7) is 0.379. The minimum Gasteiger partial charge on any atom is -0.381 e. The number of anilines is 1. The molecule has 0 amide bonds. The first-order valence-electron chi connectivity index (χ1n) is 4.96. The van der Waals surface area contributed by atoms with Gasteiger partial charge >= 0.3 is 5.00 Å². The molecule has 0 saturated carbocycles. The summed E-state index contributed by atoms with van der Waals surface area (Å²) in [4.78, 5) is 10.1. The van der Waals surface area contributed by atoms with Gasteiger partial charge in [-0.25, -0.2) is 4.39 Å². The summed E-state index contributed by atoms with van der Waals surface area (Å²) in [7, 11) is 0. The van der Waals surface area contributed by atoms with Crippen LogP contribution in [0.1, 0.15) is 5.56 Å². The molecule has 0 aliphatic rings. The third-order valence-electron chi connectivity index (χ3n) is 2.18. The maximum absolute atomic E-state index is 13.1. The first-order chi connectivity index (χ1) is 8.54. The molecule has 1 heterocycles. The zero-order chi connectivity index (χ0) is 13.1. The van der Waals surface area contributed by atoms with Crippen LogP contribution in [0, 0.1) is 15.9 Å². The lowest BCUT2D eigenvalue weighted by atomic mass is 10.3. The van der Waals surface area contributed by atoms with Crippen molar-refractivity contribution in [2.24, 2.45) is 0 Å². The Bertz CT molecular complexity index is 568. The predicted octanol–water partition coefficient (Wildman–Crippen LogP) is 4.06. The summed E-state index contributed by atoms with van der Waals surface area (Å²) in [5.41, 5.74) is 1.31. The first kappa shape index (κ1) is 12.8. The molecule has 0 aliphatic heterocycles. The van der Waals surface area contributed by atoms with E-state index >= 15 is 0 Å². The molecule has 4 nitrogen and oxygen atoms in total. The van der Waals surface area contributed by atoms with Crippen LogP contribution in [0.3, 0.4) is 0 Å². The van der Waals surface area contributed by atoms with Gasteiger partial charge < -0.3 is 5.32 Å². The molecule has 0 bridgehead atoms. The summed E-state index contributed by atoms with van der Waals surface area (Å²) in [5, 5.41) is 15.5. The Labute approximate surface area is 111 Å². The molecule has 0 aliphatic carbocycles. The van der Waals surface area contributed by atoms with Crippen molar-refractivity contribution in [1.29, 1.82) is 0 Å². The summed E-state index contributed by atoms with van der Waals surface area (Å²) >= 11 is 6.77. The van der Waals surface area contributed by atoms with E-state index in [0.717, 1.165) is 16.9 Å². The van der Waals surface area contributed by atoms with E-state index in [1.165, 1.54) is 18.2 Å². The molecular formula is C11H8ClFN2O2S. The van der Waals surface area contributed by atoms with Crippen LogP contribution in [0.15, 0.2) is 29.6 Å². The van der Waals surface area contributed by atoms with E-state index in [-0.39, 0.29) is 5.00 Å². The molecule has 0 fully saturated rings. The molecule has 0 spiro atoms. The molecule has 2 aromatic rings. The first-order valence-corrected chi connectivity index (χ1v) is 6.22. The Morgan fingerprint density at radius 2 is 2.17 bits per heavy atom. The molecule has 94 valence electrons. The average Bonchev–Trinajstić information content (AvgIpc) is 2.73. The Hall–Kier alpha value is -1.66. The smallest absolute Gasteiger partial charge is 0.324 e. The van der Waals surface area contributed by atoms with Gasteiger partial charge in [0.1, 0.15) is 5.82 Å². The van der Waals surface area contributed by atoms with Gasteiger partial charge in [0.05, 0.1) is 4.92 Å². The zero-order valence-corrected chi connectivity index (χ0v) is 10.6. The van der Waals surface area contributed by atoms with E-state index in [4.69, 9.17) is 11.6 Å². The highest BCUT2D eigenvalue weighted by Gasteiger charge is 2.09. The lowest BCUT2D eigenvalue weighted by Crippen LogP contribution is -1.98. The minimum atomic E-state index is -0.437. The van der Waals surface area contributed by atoms with Crippen LogP contribution < -0.4 is 5.32 Å². The topological polar surface area (TPSA) is 55.2 Å². The Balaban J connectivity index is 2.04. The second kappa shape index (κ2) is 5.32. The van der Waals surface area contributed by atoms with Gasteiger partial charge in [-0.2, -0.15) is 0 Å². The molecule has 0 saturated heterocycles. The van der Waals surface area contributed by atoms with E-state index < -0.39 is 10.7 Å². The Morgan fingerprint density at radius 1 is 1.39 bits per heavy atom. The maximum Gasteiger partial charge on any atom is 0.324 e. The van der Waals surface area contributed by atoms with E-state index in [1.54, 1.807) is 11.4 Å². The molecule has 0 unspecified atom stereocenters. The fourth-order valence-corrected chi connectivity index (χ4v) is 2.36. The fraction of sp³-hybridized carbons (Fsp3) is 0.0909. The number of thiophene rings is 1. The summed E-state index contributed by atoms with van der Waals surface area (Å²) < 4.78 is 13.1. The van der Waals surface area contributed by atoms with Gasteiger partial charge in [0.2, 0.25) is 0 Å². The fourth-order valence-electron chi connectivity index (χ4n) is 1.41. The largest absolute Gasteiger partial charge is 0.381 e. The standard InChI is InChI=1S/C11H8ClFN2O2S/c12-8-2-9(13)4-10(3-8)14-5-7-1-11(15(16)17)18-6-7/h1-4,6,14H,5H2. The van der Waals surface area contributed by atoms with Crippen LogP contribution in [-0.4, -0.2) is 4.92 Å². The van der Waals surface area contributed by atoms with E-state index in [2.05, 4.69) is 5.32 Å². The molecule has 7 heteroatoms. The van der Waals surface area contributed by atoms with Crippen molar-refractivity contribution in [3.8, 4) is 0 Å². The molecule has 0 atom stereocenters. The van der Waals surface area contributed by atoms with Crippen LogP contribution in [0.4, 0.5) is 15.1 Å². The van der Waals surface area contributed by atoms with Crippen molar-refractivity contribution in [1.82, 2.24) is 0 Å². The monoisotopic (exact) mass is 286 g/mol. The van der Waals surface area contributed by atoms with Crippen LogP contribution in [0.5, 0.6) is 0 Å². The normalized spacial score (nSPS) is 10.3. The van der Waals surface area contributed by atoms with Crippen molar-refractivity contribution in [3.05, 3.63) is 56.2 Å². The number of rotatable bonds is 4. The van der Waals surface area contributed by atoms with E-state index in [0.29, 0.717) is 17.3 Å². The van der Waals surface area contributed by atoms with Gasteiger partial charge in [-0.3, -0.25) is 10.1 Å². The predicted molar refractivity (Wildman–Crippen MR) is 69.7 cm³/mol. The highest BCUT2D eigenvalue weighted by Crippen LogP contribution is 2.24. The van der Waals surface area contributed by atoms with Gasteiger partial charge in [0.25, 0.3) is 0 Å². The summed E-state index contributed by atoms with van der Waals surface area (Å²) in [5.74, 6) is -0.429. The number of nitro groups is 1. The van der Waals surface area contributed by atoms with Crippen molar-refractivity contribution in [3.63, 3.8) is 0 Å². The van der Waals surface area contributed by atoms with Crippen LogP contribution in [-0.2, 0) is 6.54 Å². The molecule has 2 rings (SSSR count). The van der Waals surface area contributed by atoms with Crippen molar-refractivity contribution >= 4 is 33.6 Å². The molecule has 18 heavy (non-hydrogen) atoms. The number of hydrogen-bond donors (Lipinski definition) is 1. The highest BCUT2D eigenvalue weighted by atomic mass is 35.5. The van der Waals surface area contributed by atoms with Crippen molar-refractivity contribution in [2.45, 2.75) is 6.54 Å².